The Hall–Kier alpha value is -1.66. The Bertz CT molecular complexity index is 529. The van der Waals surface area contributed by atoms with E-state index in [4.69, 9.17) is 4.74 Å². The molecule has 1 amide bonds. The summed E-state index contributed by atoms with van der Waals surface area (Å²) in [6.07, 6.45) is 4.47. The number of piperazine rings is 1. The second kappa shape index (κ2) is 6.62. The van der Waals surface area contributed by atoms with E-state index in [1.807, 2.05) is 4.90 Å². The summed E-state index contributed by atoms with van der Waals surface area (Å²) < 4.78 is 5.17. The van der Waals surface area contributed by atoms with Gasteiger partial charge in [0, 0.05) is 38.4 Å². The maximum Gasteiger partial charge on any atom is 0.259 e. The molecule has 2 heterocycles. The molecule has 0 unspecified atom stereocenters. The minimum Gasteiger partial charge on any atom is -0.480 e. The van der Waals surface area contributed by atoms with Crippen molar-refractivity contribution in [3.63, 3.8) is 0 Å². The van der Waals surface area contributed by atoms with Gasteiger partial charge in [-0.25, -0.2) is 4.98 Å². The van der Waals surface area contributed by atoms with Gasteiger partial charge in [-0.3, -0.25) is 9.69 Å². The molecule has 1 aromatic rings. The molecule has 6 heteroatoms. The standard InChI is InChI=1S/C16H23N3O3/c1-22-15-12(4-3-7-17-15)16(21)19-10-8-18(9-11-19)13-5-2-6-14(13)20/h3-4,7,13-14,20H,2,5-6,8-11H2,1H3/t13-,14+/m1/s1. The molecule has 2 aliphatic rings. The van der Waals surface area contributed by atoms with E-state index in [0.717, 1.165) is 32.4 Å². The lowest BCUT2D eigenvalue weighted by Gasteiger charge is -2.39. The number of ether oxygens (including phenoxy) is 1. The van der Waals surface area contributed by atoms with Crippen LogP contribution in [0.2, 0.25) is 0 Å². The number of pyridine rings is 1. The normalized spacial score (nSPS) is 26.2. The van der Waals surface area contributed by atoms with Crippen molar-refractivity contribution in [3.8, 4) is 5.88 Å². The van der Waals surface area contributed by atoms with Crippen LogP contribution in [-0.2, 0) is 0 Å². The fraction of sp³-hybridized carbons (Fsp3) is 0.625. The lowest BCUT2D eigenvalue weighted by molar-refractivity contribution is 0.0314. The number of hydrogen-bond donors (Lipinski definition) is 1. The maximum atomic E-state index is 12.6. The van der Waals surface area contributed by atoms with Crippen molar-refractivity contribution < 1.29 is 14.6 Å². The van der Waals surface area contributed by atoms with Crippen molar-refractivity contribution in [3.05, 3.63) is 23.9 Å². The number of methoxy groups -OCH3 is 1. The van der Waals surface area contributed by atoms with E-state index < -0.39 is 0 Å². The molecule has 0 aromatic carbocycles. The van der Waals surface area contributed by atoms with E-state index in [2.05, 4.69) is 9.88 Å². The summed E-state index contributed by atoms with van der Waals surface area (Å²) in [5, 5.41) is 10.0. The van der Waals surface area contributed by atoms with Crippen LogP contribution in [-0.4, -0.2) is 71.2 Å². The molecule has 1 N–H and O–H groups in total. The van der Waals surface area contributed by atoms with Gasteiger partial charge in [0.15, 0.2) is 0 Å². The van der Waals surface area contributed by atoms with Gasteiger partial charge in [0.25, 0.3) is 5.91 Å². The van der Waals surface area contributed by atoms with Gasteiger partial charge in [0.2, 0.25) is 5.88 Å². The molecule has 0 bridgehead atoms. The molecule has 2 atom stereocenters. The number of amides is 1. The average molecular weight is 305 g/mol. The molecular weight excluding hydrogens is 282 g/mol. The van der Waals surface area contributed by atoms with Gasteiger partial charge in [-0.1, -0.05) is 0 Å². The highest BCUT2D eigenvalue weighted by Gasteiger charge is 2.33. The lowest BCUT2D eigenvalue weighted by Crippen LogP contribution is -2.53. The Balaban J connectivity index is 1.62. The predicted molar refractivity (Wildman–Crippen MR) is 81.9 cm³/mol. The summed E-state index contributed by atoms with van der Waals surface area (Å²) in [6.45, 7) is 2.99. The Labute approximate surface area is 130 Å². The fourth-order valence-electron chi connectivity index (χ4n) is 3.49. The number of aliphatic hydroxyl groups is 1. The zero-order valence-corrected chi connectivity index (χ0v) is 12.9. The van der Waals surface area contributed by atoms with Gasteiger partial charge >= 0.3 is 0 Å². The molecule has 6 nitrogen and oxygen atoms in total. The Morgan fingerprint density at radius 2 is 2.09 bits per heavy atom. The quantitative estimate of drug-likeness (QED) is 0.893. The summed E-state index contributed by atoms with van der Waals surface area (Å²) in [4.78, 5) is 20.9. The summed E-state index contributed by atoms with van der Waals surface area (Å²) in [5.41, 5.74) is 0.513. The average Bonchev–Trinajstić information content (AvgIpc) is 3.00. The first-order chi connectivity index (χ1) is 10.7. The number of carbonyl (C=O) groups excluding carboxylic acids is 1. The smallest absolute Gasteiger partial charge is 0.259 e. The predicted octanol–water partition coefficient (Wildman–Crippen LogP) is 0.761. The van der Waals surface area contributed by atoms with Crippen molar-refractivity contribution in [2.45, 2.75) is 31.4 Å². The monoisotopic (exact) mass is 305 g/mol. The largest absolute Gasteiger partial charge is 0.480 e. The molecule has 1 aliphatic heterocycles. The van der Waals surface area contributed by atoms with E-state index in [1.54, 1.807) is 18.3 Å². The van der Waals surface area contributed by atoms with Crippen molar-refractivity contribution in [2.75, 3.05) is 33.3 Å². The fourth-order valence-corrected chi connectivity index (χ4v) is 3.49. The van der Waals surface area contributed by atoms with E-state index in [9.17, 15) is 9.90 Å². The number of nitrogens with zero attached hydrogens (tertiary/aromatic N) is 3. The number of aliphatic hydroxyl groups excluding tert-OH is 1. The molecule has 1 aliphatic carbocycles. The summed E-state index contributed by atoms with van der Waals surface area (Å²) >= 11 is 0. The van der Waals surface area contributed by atoms with Gasteiger partial charge < -0.3 is 14.7 Å². The Morgan fingerprint density at radius 3 is 2.73 bits per heavy atom. The van der Waals surface area contributed by atoms with Gasteiger partial charge in [-0.2, -0.15) is 0 Å². The number of hydrogen-bond acceptors (Lipinski definition) is 5. The SMILES string of the molecule is COc1ncccc1C(=O)N1CCN([C@@H]2CCC[C@@H]2O)CC1. The highest BCUT2D eigenvalue weighted by molar-refractivity contribution is 5.96. The molecule has 0 spiro atoms. The van der Waals surface area contributed by atoms with Crippen molar-refractivity contribution in [2.24, 2.45) is 0 Å². The van der Waals surface area contributed by atoms with Crippen molar-refractivity contribution in [1.82, 2.24) is 14.8 Å². The van der Waals surface area contributed by atoms with Crippen molar-refractivity contribution in [1.29, 1.82) is 0 Å². The third kappa shape index (κ3) is 2.94. The second-order valence-electron chi connectivity index (χ2n) is 5.95. The molecule has 0 radical (unpaired) electrons. The number of aromatic nitrogens is 1. The van der Waals surface area contributed by atoms with Gasteiger partial charge in [0.1, 0.15) is 5.56 Å². The first-order valence-electron chi connectivity index (χ1n) is 7.91. The first kappa shape index (κ1) is 15.2. The minimum absolute atomic E-state index is 0.0310. The third-order valence-electron chi connectivity index (χ3n) is 4.71. The highest BCUT2D eigenvalue weighted by atomic mass is 16.5. The third-order valence-corrected chi connectivity index (χ3v) is 4.71. The molecular formula is C16H23N3O3. The van der Waals surface area contributed by atoms with Crippen LogP contribution in [0, 0.1) is 0 Å². The van der Waals surface area contributed by atoms with Gasteiger partial charge in [-0.05, 0) is 31.4 Å². The second-order valence-corrected chi connectivity index (χ2v) is 5.95. The van der Waals surface area contributed by atoms with Crippen LogP contribution in [0.1, 0.15) is 29.6 Å². The molecule has 120 valence electrons. The topological polar surface area (TPSA) is 65.9 Å². The molecule has 3 rings (SSSR count). The summed E-state index contributed by atoms with van der Waals surface area (Å²) in [6, 6.07) is 3.77. The van der Waals surface area contributed by atoms with E-state index in [0.29, 0.717) is 24.5 Å². The van der Waals surface area contributed by atoms with E-state index >= 15 is 0 Å². The van der Waals surface area contributed by atoms with Crippen molar-refractivity contribution >= 4 is 5.91 Å². The molecule has 1 aromatic heterocycles. The zero-order valence-electron chi connectivity index (χ0n) is 12.9. The van der Waals surface area contributed by atoms with Crippen LogP contribution in [0.3, 0.4) is 0 Å². The zero-order chi connectivity index (χ0) is 15.5. The van der Waals surface area contributed by atoms with Gasteiger partial charge in [0.05, 0.1) is 13.2 Å². The Morgan fingerprint density at radius 1 is 1.32 bits per heavy atom. The maximum absolute atomic E-state index is 12.6. The molecule has 1 saturated carbocycles. The van der Waals surface area contributed by atoms with Crippen LogP contribution < -0.4 is 4.74 Å². The molecule has 1 saturated heterocycles. The molecule has 22 heavy (non-hydrogen) atoms. The lowest BCUT2D eigenvalue weighted by atomic mass is 10.1. The van der Waals surface area contributed by atoms with Gasteiger partial charge in [-0.15, -0.1) is 0 Å². The van der Waals surface area contributed by atoms with Crippen LogP contribution in [0.4, 0.5) is 0 Å². The van der Waals surface area contributed by atoms with Crippen LogP contribution in [0.25, 0.3) is 0 Å². The van der Waals surface area contributed by atoms with Crippen LogP contribution in [0.5, 0.6) is 5.88 Å². The minimum atomic E-state index is -0.208. The summed E-state index contributed by atoms with van der Waals surface area (Å²) in [7, 11) is 1.53. The summed E-state index contributed by atoms with van der Waals surface area (Å²) in [5.74, 6) is 0.345. The van der Waals surface area contributed by atoms with Crippen LogP contribution >= 0.6 is 0 Å². The molecule has 2 fully saturated rings. The first-order valence-corrected chi connectivity index (χ1v) is 7.91. The van der Waals surface area contributed by atoms with Crippen LogP contribution in [0.15, 0.2) is 18.3 Å². The number of rotatable bonds is 3. The Kier molecular flexibility index (Phi) is 4.59. The van der Waals surface area contributed by atoms with E-state index in [-0.39, 0.29) is 18.1 Å². The van der Waals surface area contributed by atoms with E-state index in [1.165, 1.54) is 7.11 Å². The highest BCUT2D eigenvalue weighted by Crippen LogP contribution is 2.25. The number of carbonyl (C=O) groups is 1.